The molecule has 2 heterocycles. The minimum Gasteiger partial charge on any atom is -0.494 e. The molecule has 0 bridgehead atoms. The lowest BCUT2D eigenvalue weighted by atomic mass is 9.95. The maximum atomic E-state index is 12.7. The first-order chi connectivity index (χ1) is 15.2. The molecule has 1 aliphatic heterocycles. The van der Waals surface area contributed by atoms with E-state index in [1.807, 2.05) is 67.6 Å². The van der Waals surface area contributed by atoms with Gasteiger partial charge in [0.05, 0.1) is 18.2 Å². The summed E-state index contributed by atoms with van der Waals surface area (Å²) in [6.45, 7) is 3.82. The molecule has 1 aliphatic rings. The van der Waals surface area contributed by atoms with Gasteiger partial charge in [-0.1, -0.05) is 18.2 Å². The first kappa shape index (κ1) is 20.7. The van der Waals surface area contributed by atoms with Crippen LogP contribution in [-0.4, -0.2) is 24.1 Å². The SMILES string of the molecule is CCOc1ccc2c(c1)CC(C(=O)NCc1ccc(OCc3ccccn3)cc1)CO2. The molecule has 1 aromatic heterocycles. The van der Waals surface area contributed by atoms with E-state index in [9.17, 15) is 4.79 Å². The fourth-order valence-electron chi connectivity index (χ4n) is 3.47. The summed E-state index contributed by atoms with van der Waals surface area (Å²) < 4.78 is 17.1. The van der Waals surface area contributed by atoms with E-state index < -0.39 is 0 Å². The molecule has 4 rings (SSSR count). The lowest BCUT2D eigenvalue weighted by molar-refractivity contribution is -0.126. The van der Waals surface area contributed by atoms with Gasteiger partial charge in [0.15, 0.2) is 0 Å². The van der Waals surface area contributed by atoms with E-state index in [4.69, 9.17) is 14.2 Å². The van der Waals surface area contributed by atoms with E-state index in [0.717, 1.165) is 34.1 Å². The smallest absolute Gasteiger partial charge is 0.227 e. The predicted molar refractivity (Wildman–Crippen MR) is 117 cm³/mol. The number of nitrogens with zero attached hydrogens (tertiary/aromatic N) is 1. The Balaban J connectivity index is 1.27. The third-order valence-corrected chi connectivity index (χ3v) is 5.12. The van der Waals surface area contributed by atoms with Crippen molar-refractivity contribution < 1.29 is 19.0 Å². The van der Waals surface area contributed by atoms with Crippen LogP contribution < -0.4 is 19.5 Å². The molecule has 31 heavy (non-hydrogen) atoms. The van der Waals surface area contributed by atoms with Crippen molar-refractivity contribution in [3.8, 4) is 17.2 Å². The maximum absolute atomic E-state index is 12.7. The number of rotatable bonds is 8. The fourth-order valence-corrected chi connectivity index (χ4v) is 3.47. The van der Waals surface area contributed by atoms with Crippen molar-refractivity contribution in [2.24, 2.45) is 5.92 Å². The number of nitrogens with one attached hydrogen (secondary N) is 1. The molecular weight excluding hydrogens is 392 g/mol. The highest BCUT2D eigenvalue weighted by Crippen LogP contribution is 2.31. The van der Waals surface area contributed by atoms with Crippen LogP contribution in [0.25, 0.3) is 0 Å². The number of benzene rings is 2. The number of carbonyl (C=O) groups excluding carboxylic acids is 1. The number of pyridine rings is 1. The van der Waals surface area contributed by atoms with Crippen molar-refractivity contribution >= 4 is 5.91 Å². The van der Waals surface area contributed by atoms with Gasteiger partial charge in [0.2, 0.25) is 5.91 Å². The zero-order valence-corrected chi connectivity index (χ0v) is 17.5. The van der Waals surface area contributed by atoms with Gasteiger partial charge in [-0.05, 0) is 66.9 Å². The van der Waals surface area contributed by atoms with E-state index in [2.05, 4.69) is 10.3 Å². The Kier molecular flexibility index (Phi) is 6.67. The number of hydrogen-bond donors (Lipinski definition) is 1. The number of ether oxygens (including phenoxy) is 3. The van der Waals surface area contributed by atoms with E-state index >= 15 is 0 Å². The number of amides is 1. The molecule has 0 aliphatic carbocycles. The summed E-state index contributed by atoms with van der Waals surface area (Å²) in [7, 11) is 0. The summed E-state index contributed by atoms with van der Waals surface area (Å²) in [6, 6.07) is 19.2. The second-order valence-corrected chi connectivity index (χ2v) is 7.39. The van der Waals surface area contributed by atoms with Gasteiger partial charge in [0.1, 0.15) is 30.5 Å². The highest BCUT2D eigenvalue weighted by atomic mass is 16.5. The fraction of sp³-hybridized carbons (Fsp3) is 0.280. The number of hydrogen-bond acceptors (Lipinski definition) is 5. The van der Waals surface area contributed by atoms with Gasteiger partial charge in [-0.25, -0.2) is 0 Å². The number of carbonyl (C=O) groups is 1. The quantitative estimate of drug-likeness (QED) is 0.600. The van der Waals surface area contributed by atoms with Crippen LogP contribution in [0, 0.1) is 5.92 Å². The van der Waals surface area contributed by atoms with Crippen molar-refractivity contribution in [1.82, 2.24) is 10.3 Å². The standard InChI is InChI=1S/C25H26N2O4/c1-2-29-23-10-11-24-19(14-23)13-20(16-31-24)25(28)27-15-18-6-8-22(9-7-18)30-17-21-5-3-4-12-26-21/h3-12,14,20H,2,13,15-17H2,1H3,(H,27,28). The van der Waals surface area contributed by atoms with E-state index in [-0.39, 0.29) is 11.8 Å². The van der Waals surface area contributed by atoms with E-state index in [0.29, 0.717) is 32.8 Å². The Morgan fingerprint density at radius 2 is 1.94 bits per heavy atom. The minimum atomic E-state index is -0.217. The molecule has 3 aromatic rings. The summed E-state index contributed by atoms with van der Waals surface area (Å²) in [5.74, 6) is 2.17. The van der Waals surface area contributed by atoms with Crippen LogP contribution in [0.1, 0.15) is 23.7 Å². The molecule has 1 unspecified atom stereocenters. The molecule has 2 aromatic carbocycles. The van der Waals surface area contributed by atoms with Gasteiger partial charge in [-0.3, -0.25) is 9.78 Å². The Labute approximate surface area is 182 Å². The largest absolute Gasteiger partial charge is 0.494 e. The molecule has 0 spiro atoms. The second-order valence-electron chi connectivity index (χ2n) is 7.39. The minimum absolute atomic E-state index is 0.0112. The first-order valence-corrected chi connectivity index (χ1v) is 10.5. The van der Waals surface area contributed by atoms with Gasteiger partial charge >= 0.3 is 0 Å². The summed E-state index contributed by atoms with van der Waals surface area (Å²) >= 11 is 0. The van der Waals surface area contributed by atoms with Gasteiger partial charge in [0.25, 0.3) is 0 Å². The van der Waals surface area contributed by atoms with Crippen LogP contribution in [0.5, 0.6) is 17.2 Å². The van der Waals surface area contributed by atoms with Crippen LogP contribution in [0.2, 0.25) is 0 Å². The topological polar surface area (TPSA) is 69.7 Å². The molecule has 0 saturated heterocycles. The molecule has 1 atom stereocenters. The van der Waals surface area contributed by atoms with Gasteiger partial charge in [0, 0.05) is 12.7 Å². The Morgan fingerprint density at radius 3 is 2.71 bits per heavy atom. The third kappa shape index (κ3) is 5.54. The predicted octanol–water partition coefficient (Wildman–Crippen LogP) is 3.93. The average Bonchev–Trinajstić information content (AvgIpc) is 2.82. The molecular formula is C25H26N2O4. The summed E-state index contributed by atoms with van der Waals surface area (Å²) in [5, 5.41) is 3.02. The van der Waals surface area contributed by atoms with Crippen LogP contribution in [0.15, 0.2) is 66.9 Å². The molecule has 6 heteroatoms. The molecule has 0 saturated carbocycles. The van der Waals surface area contributed by atoms with Gasteiger partial charge in [-0.2, -0.15) is 0 Å². The van der Waals surface area contributed by atoms with E-state index in [1.54, 1.807) is 6.20 Å². The normalized spacial score (nSPS) is 14.8. The van der Waals surface area contributed by atoms with E-state index in [1.165, 1.54) is 0 Å². The van der Waals surface area contributed by atoms with Crippen LogP contribution in [-0.2, 0) is 24.4 Å². The second kappa shape index (κ2) is 9.98. The summed E-state index contributed by atoms with van der Waals surface area (Å²) in [4.78, 5) is 16.9. The maximum Gasteiger partial charge on any atom is 0.227 e. The third-order valence-electron chi connectivity index (χ3n) is 5.12. The van der Waals surface area contributed by atoms with Gasteiger partial charge < -0.3 is 19.5 Å². The summed E-state index contributed by atoms with van der Waals surface area (Å²) in [6.07, 6.45) is 2.39. The molecule has 0 fully saturated rings. The van der Waals surface area contributed by atoms with Gasteiger partial charge in [-0.15, -0.1) is 0 Å². The molecule has 1 amide bonds. The highest BCUT2D eigenvalue weighted by Gasteiger charge is 2.26. The first-order valence-electron chi connectivity index (χ1n) is 10.5. The van der Waals surface area contributed by atoms with Crippen molar-refractivity contribution in [1.29, 1.82) is 0 Å². The number of fused-ring (bicyclic) bond motifs is 1. The van der Waals surface area contributed by atoms with Crippen LogP contribution in [0.3, 0.4) is 0 Å². The lowest BCUT2D eigenvalue weighted by Gasteiger charge is -2.25. The Morgan fingerprint density at radius 1 is 1.10 bits per heavy atom. The van der Waals surface area contributed by atoms with Crippen LogP contribution in [0.4, 0.5) is 0 Å². The highest BCUT2D eigenvalue weighted by molar-refractivity contribution is 5.79. The van der Waals surface area contributed by atoms with Crippen molar-refractivity contribution in [3.63, 3.8) is 0 Å². The number of aromatic nitrogens is 1. The summed E-state index contributed by atoms with van der Waals surface area (Å²) in [5.41, 5.74) is 2.89. The van der Waals surface area contributed by atoms with Crippen molar-refractivity contribution in [2.45, 2.75) is 26.5 Å². The average molecular weight is 418 g/mol. The lowest BCUT2D eigenvalue weighted by Crippen LogP contribution is -2.37. The zero-order chi connectivity index (χ0) is 21.5. The molecule has 160 valence electrons. The van der Waals surface area contributed by atoms with Crippen molar-refractivity contribution in [3.05, 3.63) is 83.7 Å². The Hall–Kier alpha value is -3.54. The molecule has 1 N–H and O–H groups in total. The zero-order valence-electron chi connectivity index (χ0n) is 17.5. The monoisotopic (exact) mass is 418 g/mol. The Bertz CT molecular complexity index is 1010. The molecule has 0 radical (unpaired) electrons. The van der Waals surface area contributed by atoms with Crippen molar-refractivity contribution in [2.75, 3.05) is 13.2 Å². The van der Waals surface area contributed by atoms with Crippen LogP contribution >= 0.6 is 0 Å². The molecule has 6 nitrogen and oxygen atoms in total.